The molecule has 0 aliphatic carbocycles. The summed E-state index contributed by atoms with van der Waals surface area (Å²) in [6.45, 7) is 0. The summed E-state index contributed by atoms with van der Waals surface area (Å²) >= 11 is 0. The number of benzene rings is 1. The van der Waals surface area contributed by atoms with Crippen molar-refractivity contribution in [2.24, 2.45) is 0 Å². The molecular formula is C11H11F2NO3S. The molecule has 1 aromatic rings. The molecule has 7 heteroatoms. The third-order valence-corrected chi connectivity index (χ3v) is 4.16. The van der Waals surface area contributed by atoms with Crippen LogP contribution in [0.2, 0.25) is 0 Å². The quantitative estimate of drug-likeness (QED) is 0.838. The Hall–Kier alpha value is -1.34. The lowest BCUT2D eigenvalue weighted by Gasteiger charge is -2.28. The van der Waals surface area contributed by atoms with Crippen molar-refractivity contribution in [2.45, 2.75) is 12.1 Å². The van der Waals surface area contributed by atoms with Crippen LogP contribution >= 0.6 is 0 Å². The Morgan fingerprint density at radius 3 is 2.67 bits per heavy atom. The lowest BCUT2D eigenvalue weighted by Crippen LogP contribution is -2.49. The Balaban J connectivity index is 2.23. The normalized spacial score (nSPS) is 28.0. The number of hydrogen-bond acceptors (Lipinski definition) is 3. The number of hydrogen-bond donors (Lipinski definition) is 2. The van der Waals surface area contributed by atoms with Gasteiger partial charge in [-0.25, -0.2) is 8.78 Å². The predicted octanol–water partition coefficient (Wildman–Crippen LogP) is 0.811. The maximum absolute atomic E-state index is 13.1. The van der Waals surface area contributed by atoms with Crippen molar-refractivity contribution in [3.05, 3.63) is 35.4 Å². The van der Waals surface area contributed by atoms with E-state index in [0.29, 0.717) is 5.56 Å². The summed E-state index contributed by atoms with van der Waals surface area (Å²) in [7, 11) is -1.29. The van der Waals surface area contributed by atoms with Gasteiger partial charge in [0.05, 0.1) is 0 Å². The number of rotatable bonds is 2. The van der Waals surface area contributed by atoms with Crippen LogP contribution in [-0.2, 0) is 15.6 Å². The number of aliphatic carboxylic acids is 1. The monoisotopic (exact) mass is 275 g/mol. The molecule has 3 unspecified atom stereocenters. The number of carboxylic acids is 1. The summed E-state index contributed by atoms with van der Waals surface area (Å²) in [4.78, 5) is 10.9. The molecule has 1 aromatic carbocycles. The van der Waals surface area contributed by atoms with Gasteiger partial charge in [0.2, 0.25) is 0 Å². The largest absolute Gasteiger partial charge is 0.480 e. The van der Waals surface area contributed by atoms with E-state index in [9.17, 15) is 17.8 Å². The Morgan fingerprint density at radius 1 is 1.33 bits per heavy atom. The van der Waals surface area contributed by atoms with Gasteiger partial charge in [0.15, 0.2) is 11.6 Å². The van der Waals surface area contributed by atoms with Crippen LogP contribution in [0.5, 0.6) is 0 Å². The van der Waals surface area contributed by atoms with Gasteiger partial charge in [0.1, 0.15) is 6.04 Å². The molecule has 2 N–H and O–H groups in total. The van der Waals surface area contributed by atoms with E-state index in [2.05, 4.69) is 5.32 Å². The SMILES string of the molecule is O=C(O)C1CS(=O)CC(c2ccc(F)c(F)c2)N1. The first-order valence-electron chi connectivity index (χ1n) is 5.26. The minimum atomic E-state index is -1.29. The number of halogens is 2. The van der Waals surface area contributed by atoms with Crippen LogP contribution < -0.4 is 5.32 Å². The zero-order valence-corrected chi connectivity index (χ0v) is 10.0. The van der Waals surface area contributed by atoms with Crippen molar-refractivity contribution >= 4 is 16.8 Å². The summed E-state index contributed by atoms with van der Waals surface area (Å²) in [5.74, 6) is -2.86. The van der Waals surface area contributed by atoms with Crippen LogP contribution in [0.4, 0.5) is 8.78 Å². The van der Waals surface area contributed by atoms with Gasteiger partial charge >= 0.3 is 5.97 Å². The molecule has 0 amide bonds. The highest BCUT2D eigenvalue weighted by Crippen LogP contribution is 2.21. The molecule has 1 saturated heterocycles. The van der Waals surface area contributed by atoms with Crippen molar-refractivity contribution in [3.8, 4) is 0 Å². The highest BCUT2D eigenvalue weighted by molar-refractivity contribution is 7.85. The summed E-state index contributed by atoms with van der Waals surface area (Å²) in [5, 5.41) is 11.7. The fourth-order valence-corrected chi connectivity index (χ4v) is 3.25. The number of carbonyl (C=O) groups is 1. The second kappa shape index (κ2) is 5.11. The van der Waals surface area contributed by atoms with E-state index in [4.69, 9.17) is 5.11 Å². The average molecular weight is 275 g/mol. The molecule has 2 rings (SSSR count). The predicted molar refractivity (Wildman–Crippen MR) is 61.5 cm³/mol. The fraction of sp³-hybridized carbons (Fsp3) is 0.364. The van der Waals surface area contributed by atoms with Gasteiger partial charge < -0.3 is 5.11 Å². The Labute approximate surface area is 104 Å². The molecular weight excluding hydrogens is 264 g/mol. The molecule has 1 fully saturated rings. The van der Waals surface area contributed by atoms with Crippen LogP contribution in [0.25, 0.3) is 0 Å². The van der Waals surface area contributed by atoms with Gasteiger partial charge in [-0.05, 0) is 17.7 Å². The van der Waals surface area contributed by atoms with Crippen LogP contribution in [-0.4, -0.2) is 32.8 Å². The molecule has 1 aliphatic rings. The second-order valence-electron chi connectivity index (χ2n) is 4.06. The Morgan fingerprint density at radius 2 is 2.06 bits per heavy atom. The topological polar surface area (TPSA) is 66.4 Å². The van der Waals surface area contributed by atoms with E-state index in [-0.39, 0.29) is 11.5 Å². The van der Waals surface area contributed by atoms with E-state index in [1.165, 1.54) is 6.07 Å². The lowest BCUT2D eigenvalue weighted by molar-refractivity contribution is -0.139. The van der Waals surface area contributed by atoms with Crippen LogP contribution in [0.15, 0.2) is 18.2 Å². The van der Waals surface area contributed by atoms with Crippen molar-refractivity contribution in [1.82, 2.24) is 5.32 Å². The summed E-state index contributed by atoms with van der Waals surface area (Å²) in [6, 6.07) is 1.85. The van der Waals surface area contributed by atoms with E-state index in [0.717, 1.165) is 12.1 Å². The minimum Gasteiger partial charge on any atom is -0.480 e. The summed E-state index contributed by atoms with van der Waals surface area (Å²) < 4.78 is 37.4. The average Bonchev–Trinajstić information content (AvgIpc) is 2.31. The fourth-order valence-electron chi connectivity index (χ4n) is 1.84. The van der Waals surface area contributed by atoms with E-state index >= 15 is 0 Å². The van der Waals surface area contributed by atoms with Crippen molar-refractivity contribution in [3.63, 3.8) is 0 Å². The zero-order valence-electron chi connectivity index (χ0n) is 9.23. The molecule has 1 heterocycles. The summed E-state index contributed by atoms with van der Waals surface area (Å²) in [5.41, 5.74) is 0.396. The standard InChI is InChI=1S/C11H11F2NO3S/c12-7-2-1-6(3-8(7)13)9-4-18(17)5-10(14-9)11(15)16/h1-3,9-10,14H,4-5H2,(H,15,16). The number of nitrogens with one attached hydrogen (secondary N) is 1. The van der Waals surface area contributed by atoms with E-state index < -0.39 is 40.5 Å². The zero-order chi connectivity index (χ0) is 13.3. The van der Waals surface area contributed by atoms with Gasteiger partial charge in [0.25, 0.3) is 0 Å². The first kappa shape index (κ1) is 13.1. The van der Waals surface area contributed by atoms with Gasteiger partial charge in [0, 0.05) is 28.3 Å². The lowest BCUT2D eigenvalue weighted by atomic mass is 10.1. The van der Waals surface area contributed by atoms with Crippen molar-refractivity contribution < 1.29 is 22.9 Å². The number of carboxylic acid groups (broad SMARTS) is 1. The van der Waals surface area contributed by atoms with Gasteiger partial charge in [-0.15, -0.1) is 0 Å². The molecule has 0 aromatic heterocycles. The highest BCUT2D eigenvalue weighted by atomic mass is 32.2. The molecule has 0 bridgehead atoms. The smallest absolute Gasteiger partial charge is 0.321 e. The Bertz CT molecular complexity index is 509. The molecule has 3 atom stereocenters. The van der Waals surface area contributed by atoms with Crippen molar-refractivity contribution in [2.75, 3.05) is 11.5 Å². The first-order valence-corrected chi connectivity index (χ1v) is 6.75. The third kappa shape index (κ3) is 2.73. The Kier molecular flexibility index (Phi) is 3.72. The maximum atomic E-state index is 13.1. The molecule has 0 radical (unpaired) electrons. The molecule has 0 spiro atoms. The minimum absolute atomic E-state index is 0.0233. The molecule has 18 heavy (non-hydrogen) atoms. The second-order valence-corrected chi connectivity index (χ2v) is 5.60. The first-order chi connectivity index (χ1) is 8.47. The molecule has 4 nitrogen and oxygen atoms in total. The maximum Gasteiger partial charge on any atom is 0.321 e. The van der Waals surface area contributed by atoms with Crippen LogP contribution in [0.3, 0.4) is 0 Å². The third-order valence-electron chi connectivity index (χ3n) is 2.75. The van der Waals surface area contributed by atoms with Gasteiger partial charge in [-0.3, -0.25) is 14.3 Å². The van der Waals surface area contributed by atoms with Crippen LogP contribution in [0.1, 0.15) is 11.6 Å². The van der Waals surface area contributed by atoms with Gasteiger partial charge in [-0.1, -0.05) is 6.07 Å². The van der Waals surface area contributed by atoms with E-state index in [1.54, 1.807) is 0 Å². The van der Waals surface area contributed by atoms with Gasteiger partial charge in [-0.2, -0.15) is 0 Å². The van der Waals surface area contributed by atoms with Crippen LogP contribution in [0, 0.1) is 11.6 Å². The summed E-state index contributed by atoms with van der Waals surface area (Å²) in [6.07, 6.45) is 0. The van der Waals surface area contributed by atoms with E-state index in [1.807, 2.05) is 0 Å². The van der Waals surface area contributed by atoms with Crippen molar-refractivity contribution in [1.29, 1.82) is 0 Å². The molecule has 0 saturated carbocycles. The highest BCUT2D eigenvalue weighted by Gasteiger charge is 2.31. The molecule has 98 valence electrons. The molecule has 1 aliphatic heterocycles.